The van der Waals surface area contributed by atoms with Crippen molar-refractivity contribution in [2.24, 2.45) is 0 Å². The number of carbonyl (C=O) groups is 1. The number of benzene rings is 1. The van der Waals surface area contributed by atoms with Gasteiger partial charge in [-0.2, -0.15) is 0 Å². The van der Waals surface area contributed by atoms with E-state index in [1.54, 1.807) is 0 Å². The van der Waals surface area contributed by atoms with Gasteiger partial charge in [0.15, 0.2) is 5.75 Å². The van der Waals surface area contributed by atoms with E-state index in [0.717, 1.165) is 16.6 Å². The Labute approximate surface area is 166 Å². The van der Waals surface area contributed by atoms with Gasteiger partial charge in [-0.15, -0.1) is 23.7 Å². The standard InChI is InChI=1S/C20H28N2O2S.ClH/c1-14(2)24-18-16-10-6-7-11-17(16)25-19(18)20(23)22-13-12-21-15-8-4-3-5-9-15;/h6-7,10-11,14-15,21H,3-5,8-9,12-13H2,1-2H3,(H,22,23);1H. The highest BCUT2D eigenvalue weighted by Crippen LogP contribution is 2.38. The van der Waals surface area contributed by atoms with Gasteiger partial charge in [-0.05, 0) is 38.8 Å². The van der Waals surface area contributed by atoms with E-state index < -0.39 is 0 Å². The number of halogens is 1. The number of fused-ring (bicyclic) bond motifs is 1. The molecule has 0 aliphatic heterocycles. The molecular formula is C20H29ClN2O2S. The monoisotopic (exact) mass is 396 g/mol. The van der Waals surface area contributed by atoms with Crippen LogP contribution in [-0.4, -0.2) is 31.1 Å². The number of rotatable bonds is 7. The van der Waals surface area contributed by atoms with Crippen molar-refractivity contribution in [3.63, 3.8) is 0 Å². The third kappa shape index (κ3) is 5.35. The second-order valence-electron chi connectivity index (χ2n) is 6.97. The van der Waals surface area contributed by atoms with E-state index in [-0.39, 0.29) is 24.4 Å². The van der Waals surface area contributed by atoms with Crippen LogP contribution in [0.25, 0.3) is 10.1 Å². The quantitative estimate of drug-likeness (QED) is 0.663. The van der Waals surface area contributed by atoms with Crippen LogP contribution in [-0.2, 0) is 0 Å². The van der Waals surface area contributed by atoms with Crippen molar-refractivity contribution in [2.75, 3.05) is 13.1 Å². The van der Waals surface area contributed by atoms with Crippen LogP contribution in [0.1, 0.15) is 55.6 Å². The van der Waals surface area contributed by atoms with Crippen molar-refractivity contribution in [3.8, 4) is 5.75 Å². The van der Waals surface area contributed by atoms with Crippen molar-refractivity contribution in [1.29, 1.82) is 0 Å². The van der Waals surface area contributed by atoms with Crippen LogP contribution in [0, 0.1) is 0 Å². The highest BCUT2D eigenvalue weighted by atomic mass is 35.5. The van der Waals surface area contributed by atoms with E-state index in [4.69, 9.17) is 4.74 Å². The van der Waals surface area contributed by atoms with Gasteiger partial charge in [-0.25, -0.2) is 0 Å². The summed E-state index contributed by atoms with van der Waals surface area (Å²) in [5.74, 6) is 0.677. The van der Waals surface area contributed by atoms with Crippen LogP contribution in [0.2, 0.25) is 0 Å². The Morgan fingerprint density at radius 2 is 1.92 bits per heavy atom. The van der Waals surface area contributed by atoms with Crippen LogP contribution in [0.15, 0.2) is 24.3 Å². The van der Waals surface area contributed by atoms with Crippen LogP contribution in [0.3, 0.4) is 0 Å². The lowest BCUT2D eigenvalue weighted by Gasteiger charge is -2.22. The molecule has 26 heavy (non-hydrogen) atoms. The summed E-state index contributed by atoms with van der Waals surface area (Å²) < 4.78 is 7.04. The molecule has 1 heterocycles. The number of amides is 1. The Morgan fingerprint density at radius 3 is 2.65 bits per heavy atom. The first-order chi connectivity index (χ1) is 12.1. The molecule has 0 radical (unpaired) electrons. The summed E-state index contributed by atoms with van der Waals surface area (Å²) in [7, 11) is 0. The Morgan fingerprint density at radius 1 is 1.19 bits per heavy atom. The van der Waals surface area contributed by atoms with E-state index >= 15 is 0 Å². The predicted molar refractivity (Wildman–Crippen MR) is 112 cm³/mol. The maximum absolute atomic E-state index is 12.7. The number of hydrogen-bond acceptors (Lipinski definition) is 4. The summed E-state index contributed by atoms with van der Waals surface area (Å²) in [4.78, 5) is 13.3. The van der Waals surface area contributed by atoms with Crippen molar-refractivity contribution in [1.82, 2.24) is 10.6 Å². The molecule has 144 valence electrons. The lowest BCUT2D eigenvalue weighted by molar-refractivity contribution is 0.0952. The van der Waals surface area contributed by atoms with Gasteiger partial charge >= 0.3 is 0 Å². The third-order valence-corrected chi connectivity index (χ3v) is 5.71. The predicted octanol–water partition coefficient (Wildman–Crippen LogP) is 4.76. The maximum atomic E-state index is 12.7. The van der Waals surface area contributed by atoms with Gasteiger partial charge in [0.2, 0.25) is 0 Å². The Kier molecular flexibility index (Phi) is 8.19. The number of nitrogens with one attached hydrogen (secondary N) is 2. The molecule has 6 heteroatoms. The highest BCUT2D eigenvalue weighted by molar-refractivity contribution is 7.21. The minimum absolute atomic E-state index is 0. The summed E-state index contributed by atoms with van der Waals surface area (Å²) >= 11 is 1.50. The van der Waals surface area contributed by atoms with Crippen molar-refractivity contribution in [3.05, 3.63) is 29.1 Å². The fourth-order valence-corrected chi connectivity index (χ4v) is 4.42. The molecule has 1 aliphatic rings. The first kappa shape index (κ1) is 21.0. The molecule has 2 N–H and O–H groups in total. The smallest absolute Gasteiger partial charge is 0.265 e. The first-order valence-electron chi connectivity index (χ1n) is 9.35. The van der Waals surface area contributed by atoms with Crippen LogP contribution in [0.5, 0.6) is 5.75 Å². The lowest BCUT2D eigenvalue weighted by Crippen LogP contribution is -2.37. The molecule has 0 spiro atoms. The SMILES string of the molecule is CC(C)Oc1c(C(=O)NCCNC2CCCCC2)sc2ccccc12.Cl. The molecule has 4 nitrogen and oxygen atoms in total. The number of ether oxygens (including phenoxy) is 1. The van der Waals surface area contributed by atoms with E-state index in [2.05, 4.69) is 10.6 Å². The zero-order chi connectivity index (χ0) is 17.6. The minimum atomic E-state index is -0.0395. The topological polar surface area (TPSA) is 50.4 Å². The molecule has 0 unspecified atom stereocenters. The zero-order valence-corrected chi connectivity index (χ0v) is 17.2. The van der Waals surface area contributed by atoms with E-state index in [9.17, 15) is 4.79 Å². The largest absolute Gasteiger partial charge is 0.489 e. The van der Waals surface area contributed by atoms with Gasteiger partial charge in [0, 0.05) is 29.2 Å². The van der Waals surface area contributed by atoms with Gasteiger partial charge in [0.1, 0.15) is 4.88 Å². The molecule has 1 aromatic carbocycles. The molecule has 0 bridgehead atoms. The molecule has 1 aromatic heterocycles. The first-order valence-corrected chi connectivity index (χ1v) is 10.2. The van der Waals surface area contributed by atoms with Gasteiger partial charge in [-0.1, -0.05) is 31.4 Å². The van der Waals surface area contributed by atoms with Crippen molar-refractivity contribution < 1.29 is 9.53 Å². The Hall–Kier alpha value is -1.30. The molecular weight excluding hydrogens is 368 g/mol. The fraction of sp³-hybridized carbons (Fsp3) is 0.550. The molecule has 2 aromatic rings. The van der Waals surface area contributed by atoms with Gasteiger partial charge in [0.05, 0.1) is 6.10 Å². The average Bonchev–Trinajstić information content (AvgIpc) is 2.98. The normalized spacial score (nSPS) is 15.0. The van der Waals surface area contributed by atoms with Crippen LogP contribution < -0.4 is 15.4 Å². The van der Waals surface area contributed by atoms with Crippen LogP contribution in [0.4, 0.5) is 0 Å². The molecule has 1 amide bonds. The van der Waals surface area contributed by atoms with Gasteiger partial charge in [-0.3, -0.25) is 4.79 Å². The number of hydrogen-bond donors (Lipinski definition) is 2. The summed E-state index contributed by atoms with van der Waals surface area (Å²) in [5.41, 5.74) is 0. The lowest BCUT2D eigenvalue weighted by atomic mass is 9.95. The minimum Gasteiger partial charge on any atom is -0.489 e. The maximum Gasteiger partial charge on any atom is 0.265 e. The molecule has 0 atom stereocenters. The second-order valence-corrected chi connectivity index (χ2v) is 8.02. The van der Waals surface area contributed by atoms with Crippen LogP contribution >= 0.6 is 23.7 Å². The second kappa shape index (κ2) is 10.1. The number of thiophene rings is 1. The summed E-state index contributed by atoms with van der Waals surface area (Å²) in [5, 5.41) is 7.62. The Bertz CT molecular complexity index is 711. The molecule has 1 saturated carbocycles. The summed E-state index contributed by atoms with van der Waals surface area (Å²) in [6, 6.07) is 8.65. The van der Waals surface area contributed by atoms with Gasteiger partial charge in [0.25, 0.3) is 5.91 Å². The zero-order valence-electron chi connectivity index (χ0n) is 15.5. The van der Waals surface area contributed by atoms with Crippen molar-refractivity contribution >= 4 is 39.7 Å². The highest BCUT2D eigenvalue weighted by Gasteiger charge is 2.20. The fourth-order valence-electron chi connectivity index (χ4n) is 3.36. The average molecular weight is 397 g/mol. The van der Waals surface area contributed by atoms with Gasteiger partial charge < -0.3 is 15.4 Å². The molecule has 3 rings (SSSR count). The Balaban J connectivity index is 0.00000243. The van der Waals surface area contributed by atoms with Crippen molar-refractivity contribution in [2.45, 2.75) is 58.1 Å². The third-order valence-electron chi connectivity index (χ3n) is 4.56. The number of carbonyl (C=O) groups excluding carboxylic acids is 1. The molecule has 0 saturated heterocycles. The summed E-state index contributed by atoms with van der Waals surface area (Å²) in [6.07, 6.45) is 6.56. The molecule has 1 aliphatic carbocycles. The van der Waals surface area contributed by atoms with E-state index in [0.29, 0.717) is 23.2 Å². The molecule has 1 fully saturated rings. The van der Waals surface area contributed by atoms with E-state index in [1.165, 1.54) is 43.4 Å². The summed E-state index contributed by atoms with van der Waals surface area (Å²) in [6.45, 7) is 5.44. The van der Waals surface area contributed by atoms with E-state index in [1.807, 2.05) is 38.1 Å².